The molecule has 1 aromatic rings. The minimum absolute atomic E-state index is 0.0662. The summed E-state index contributed by atoms with van der Waals surface area (Å²) < 4.78 is 0. The smallest absolute Gasteiger partial charge is 0.293 e. The topological polar surface area (TPSA) is 65.1 Å². The lowest BCUT2D eigenvalue weighted by molar-refractivity contribution is 0.0632. The molecule has 1 unspecified atom stereocenters. The molecule has 6 nitrogen and oxygen atoms in total. The zero-order chi connectivity index (χ0) is 13.4. The largest absolute Gasteiger partial charge is 0.335 e. The number of nitrogens with zero attached hydrogens (tertiary/aromatic N) is 4. The number of piperidine rings is 1. The third-order valence-corrected chi connectivity index (χ3v) is 4.13. The van der Waals surface area contributed by atoms with Crippen LogP contribution in [-0.4, -0.2) is 64.1 Å². The molecule has 1 amide bonds. The highest BCUT2D eigenvalue weighted by Gasteiger charge is 2.30. The van der Waals surface area contributed by atoms with Gasteiger partial charge in [-0.3, -0.25) is 9.89 Å². The molecule has 2 aliphatic rings. The highest BCUT2D eigenvalue weighted by molar-refractivity contribution is 5.90. The van der Waals surface area contributed by atoms with E-state index in [9.17, 15) is 4.79 Å². The van der Waals surface area contributed by atoms with Crippen molar-refractivity contribution >= 4 is 5.91 Å². The summed E-state index contributed by atoms with van der Waals surface area (Å²) in [7, 11) is 3.96. The van der Waals surface area contributed by atoms with Gasteiger partial charge in [0.15, 0.2) is 0 Å². The van der Waals surface area contributed by atoms with Gasteiger partial charge in [-0.2, -0.15) is 0 Å². The number of likely N-dealkylation sites (tertiary alicyclic amines) is 1. The second kappa shape index (κ2) is 4.92. The Bertz CT molecular complexity index is 467. The van der Waals surface area contributed by atoms with Gasteiger partial charge >= 0.3 is 0 Å². The summed E-state index contributed by atoms with van der Waals surface area (Å²) in [6.45, 7) is 2.05. The van der Waals surface area contributed by atoms with Crippen molar-refractivity contribution in [2.45, 2.75) is 37.6 Å². The lowest BCUT2D eigenvalue weighted by Gasteiger charge is -2.35. The molecule has 0 aromatic carbocycles. The highest BCUT2D eigenvalue weighted by atomic mass is 16.2. The maximum Gasteiger partial charge on any atom is 0.293 e. The van der Waals surface area contributed by atoms with Crippen LogP contribution in [0.3, 0.4) is 0 Å². The first-order chi connectivity index (χ1) is 9.15. The van der Waals surface area contributed by atoms with Gasteiger partial charge in [-0.15, -0.1) is 5.10 Å². The number of likely N-dealkylation sites (N-methyl/N-ethyl adjacent to an activating group) is 2. The van der Waals surface area contributed by atoms with Gasteiger partial charge in [0.1, 0.15) is 5.82 Å². The lowest BCUT2D eigenvalue weighted by Crippen LogP contribution is -2.47. The molecule has 1 aliphatic heterocycles. The fraction of sp³-hybridized carbons (Fsp3) is 0.769. The van der Waals surface area contributed by atoms with E-state index >= 15 is 0 Å². The number of carbonyl (C=O) groups is 1. The first kappa shape index (κ1) is 12.6. The quantitative estimate of drug-likeness (QED) is 0.878. The van der Waals surface area contributed by atoms with Crippen LogP contribution in [0.15, 0.2) is 0 Å². The van der Waals surface area contributed by atoms with Crippen molar-refractivity contribution in [1.29, 1.82) is 0 Å². The van der Waals surface area contributed by atoms with E-state index in [1.165, 1.54) is 0 Å². The second-order valence-corrected chi connectivity index (χ2v) is 5.79. The SMILES string of the molecule is CN1CCCC(N(C)C(=O)c2n[nH]c(C3CC3)n2)C1. The number of carbonyl (C=O) groups excluding carboxylic acids is 1. The van der Waals surface area contributed by atoms with Crippen LogP contribution >= 0.6 is 0 Å². The van der Waals surface area contributed by atoms with Crippen molar-refractivity contribution in [2.24, 2.45) is 0 Å². The van der Waals surface area contributed by atoms with E-state index < -0.39 is 0 Å². The van der Waals surface area contributed by atoms with Crippen LogP contribution < -0.4 is 0 Å². The molecule has 1 saturated heterocycles. The van der Waals surface area contributed by atoms with Crippen molar-refractivity contribution in [3.8, 4) is 0 Å². The molecule has 0 bridgehead atoms. The monoisotopic (exact) mass is 263 g/mol. The van der Waals surface area contributed by atoms with Crippen molar-refractivity contribution in [2.75, 3.05) is 27.2 Å². The van der Waals surface area contributed by atoms with Crippen LogP contribution in [0.25, 0.3) is 0 Å². The van der Waals surface area contributed by atoms with Gasteiger partial charge in [0, 0.05) is 25.6 Å². The summed E-state index contributed by atoms with van der Waals surface area (Å²) in [6.07, 6.45) is 4.52. The average molecular weight is 263 g/mol. The summed E-state index contributed by atoms with van der Waals surface area (Å²) >= 11 is 0. The fourth-order valence-corrected chi connectivity index (χ4v) is 2.69. The third kappa shape index (κ3) is 2.63. The van der Waals surface area contributed by atoms with Crippen molar-refractivity contribution < 1.29 is 4.79 Å². The van der Waals surface area contributed by atoms with Crippen molar-refractivity contribution in [1.82, 2.24) is 25.0 Å². The summed E-state index contributed by atoms with van der Waals surface area (Å²) in [4.78, 5) is 20.8. The van der Waals surface area contributed by atoms with Gasteiger partial charge in [0.05, 0.1) is 0 Å². The zero-order valence-corrected chi connectivity index (χ0v) is 11.6. The second-order valence-electron chi connectivity index (χ2n) is 5.79. The Balaban J connectivity index is 1.67. The van der Waals surface area contributed by atoms with Crippen LogP contribution in [0.1, 0.15) is 48.0 Å². The normalized spacial score (nSPS) is 24.4. The Kier molecular flexibility index (Phi) is 3.26. The van der Waals surface area contributed by atoms with Gasteiger partial charge in [0.2, 0.25) is 5.82 Å². The van der Waals surface area contributed by atoms with E-state index in [-0.39, 0.29) is 11.9 Å². The molecule has 1 saturated carbocycles. The number of nitrogens with one attached hydrogen (secondary N) is 1. The molecular weight excluding hydrogens is 242 g/mol. The number of amides is 1. The summed E-state index contributed by atoms with van der Waals surface area (Å²) in [5.41, 5.74) is 0. The standard InChI is InChI=1S/C13H21N5O/c1-17-7-3-4-10(8-17)18(2)13(19)12-14-11(15-16-12)9-5-6-9/h9-10H,3-8H2,1-2H3,(H,14,15,16). The molecule has 1 aliphatic carbocycles. The van der Waals surface area contributed by atoms with E-state index in [0.29, 0.717) is 11.7 Å². The van der Waals surface area contributed by atoms with E-state index in [0.717, 1.165) is 44.6 Å². The first-order valence-electron chi connectivity index (χ1n) is 7.03. The number of rotatable bonds is 3. The Morgan fingerprint density at radius 2 is 2.21 bits per heavy atom. The third-order valence-electron chi connectivity index (χ3n) is 4.13. The van der Waals surface area contributed by atoms with Crippen LogP contribution in [0.4, 0.5) is 0 Å². The minimum Gasteiger partial charge on any atom is -0.335 e. The zero-order valence-electron chi connectivity index (χ0n) is 11.6. The van der Waals surface area contributed by atoms with Crippen molar-refractivity contribution in [3.63, 3.8) is 0 Å². The number of H-pyrrole nitrogens is 1. The molecule has 104 valence electrons. The molecule has 19 heavy (non-hydrogen) atoms. The molecule has 1 aromatic heterocycles. The van der Waals surface area contributed by atoms with E-state index in [4.69, 9.17) is 0 Å². The molecule has 2 fully saturated rings. The molecule has 0 radical (unpaired) electrons. The molecule has 3 rings (SSSR count). The maximum atomic E-state index is 12.4. The number of hydrogen-bond donors (Lipinski definition) is 1. The Morgan fingerprint density at radius 1 is 1.42 bits per heavy atom. The van der Waals surface area contributed by atoms with Crippen LogP contribution in [-0.2, 0) is 0 Å². The lowest BCUT2D eigenvalue weighted by atomic mass is 10.1. The number of aromatic amines is 1. The number of hydrogen-bond acceptors (Lipinski definition) is 4. The molecule has 1 N–H and O–H groups in total. The first-order valence-corrected chi connectivity index (χ1v) is 7.03. The van der Waals surface area contributed by atoms with Crippen LogP contribution in [0.2, 0.25) is 0 Å². The van der Waals surface area contributed by atoms with Crippen LogP contribution in [0.5, 0.6) is 0 Å². The number of aromatic nitrogens is 3. The Labute approximate surface area is 113 Å². The van der Waals surface area contributed by atoms with Gasteiger partial charge in [-0.05, 0) is 39.3 Å². The minimum atomic E-state index is -0.0662. The van der Waals surface area contributed by atoms with Gasteiger partial charge in [-0.25, -0.2) is 4.98 Å². The molecule has 2 heterocycles. The summed E-state index contributed by atoms with van der Waals surface area (Å²) in [5.74, 6) is 1.62. The van der Waals surface area contributed by atoms with Gasteiger partial charge in [-0.1, -0.05) is 0 Å². The molecule has 0 spiro atoms. The maximum absolute atomic E-state index is 12.4. The molecule has 1 atom stereocenters. The van der Waals surface area contributed by atoms with Gasteiger partial charge < -0.3 is 9.80 Å². The average Bonchev–Trinajstić information content (AvgIpc) is 3.15. The summed E-state index contributed by atoms with van der Waals surface area (Å²) in [6, 6.07) is 0.272. The Hall–Kier alpha value is -1.43. The fourth-order valence-electron chi connectivity index (χ4n) is 2.69. The molecule has 6 heteroatoms. The summed E-state index contributed by atoms with van der Waals surface area (Å²) in [5, 5.41) is 6.97. The molecular formula is C13H21N5O. The van der Waals surface area contributed by atoms with Crippen molar-refractivity contribution in [3.05, 3.63) is 11.6 Å². The van der Waals surface area contributed by atoms with Gasteiger partial charge in [0.25, 0.3) is 5.91 Å². The van der Waals surface area contributed by atoms with E-state index in [1.807, 2.05) is 7.05 Å². The van der Waals surface area contributed by atoms with E-state index in [2.05, 4.69) is 27.1 Å². The Morgan fingerprint density at radius 3 is 2.89 bits per heavy atom. The predicted molar refractivity (Wildman–Crippen MR) is 71.0 cm³/mol. The predicted octanol–water partition coefficient (Wildman–Crippen LogP) is 0.848. The van der Waals surface area contributed by atoms with Crippen LogP contribution in [0, 0.1) is 0 Å². The van der Waals surface area contributed by atoms with E-state index in [1.54, 1.807) is 4.90 Å². The highest BCUT2D eigenvalue weighted by Crippen LogP contribution is 2.37.